The second-order valence-corrected chi connectivity index (χ2v) is 6.55. The maximum atomic E-state index is 11.0. The Balaban J connectivity index is 2.20. The van der Waals surface area contributed by atoms with E-state index in [1.807, 2.05) is 29.2 Å². The summed E-state index contributed by atoms with van der Waals surface area (Å²) in [4.78, 5) is 15.2. The van der Waals surface area contributed by atoms with Gasteiger partial charge in [-0.2, -0.15) is 0 Å². The molecule has 1 amide bonds. The number of benzene rings is 1. The number of hydrogen-bond donors (Lipinski definition) is 2. The molecule has 0 radical (unpaired) electrons. The minimum Gasteiger partial charge on any atom is -0.333 e. The molecule has 114 valence electrons. The Morgan fingerprint density at radius 1 is 1.29 bits per heavy atom. The molecule has 1 heterocycles. The standard InChI is InChI=1S/C16H24N4O/c1-11-10-19(15(17)20(11)16(3,4)5)14-8-6-13(7-9-14)18-12(2)21/h6-9,11,17H,10H2,1-5H3,(H,18,21). The van der Waals surface area contributed by atoms with Gasteiger partial charge in [0.2, 0.25) is 5.91 Å². The van der Waals surface area contributed by atoms with E-state index >= 15 is 0 Å². The smallest absolute Gasteiger partial charge is 0.221 e. The van der Waals surface area contributed by atoms with Crippen LogP contribution >= 0.6 is 0 Å². The summed E-state index contributed by atoms with van der Waals surface area (Å²) in [5.41, 5.74) is 1.69. The van der Waals surface area contributed by atoms with Crippen molar-refractivity contribution in [2.45, 2.75) is 46.2 Å². The van der Waals surface area contributed by atoms with Gasteiger partial charge in [-0.15, -0.1) is 0 Å². The van der Waals surface area contributed by atoms with E-state index in [-0.39, 0.29) is 11.4 Å². The van der Waals surface area contributed by atoms with Crippen LogP contribution in [0.1, 0.15) is 34.6 Å². The molecule has 21 heavy (non-hydrogen) atoms. The Bertz CT molecular complexity index is 544. The Kier molecular flexibility index (Phi) is 3.94. The Morgan fingerprint density at radius 3 is 2.29 bits per heavy atom. The van der Waals surface area contributed by atoms with Gasteiger partial charge in [0.15, 0.2) is 5.96 Å². The van der Waals surface area contributed by atoms with E-state index in [1.165, 1.54) is 6.92 Å². The van der Waals surface area contributed by atoms with Crippen molar-refractivity contribution in [3.05, 3.63) is 24.3 Å². The van der Waals surface area contributed by atoms with Gasteiger partial charge < -0.3 is 15.1 Å². The summed E-state index contributed by atoms with van der Waals surface area (Å²) in [5, 5.41) is 11.2. The number of carbonyl (C=O) groups is 1. The molecule has 1 atom stereocenters. The number of nitrogens with zero attached hydrogens (tertiary/aromatic N) is 2. The zero-order valence-electron chi connectivity index (χ0n) is 13.4. The topological polar surface area (TPSA) is 59.4 Å². The first-order valence-corrected chi connectivity index (χ1v) is 7.23. The third kappa shape index (κ3) is 3.17. The van der Waals surface area contributed by atoms with Crippen molar-refractivity contribution in [3.63, 3.8) is 0 Å². The van der Waals surface area contributed by atoms with Crippen LogP contribution in [0.5, 0.6) is 0 Å². The van der Waals surface area contributed by atoms with E-state index in [0.717, 1.165) is 17.9 Å². The van der Waals surface area contributed by atoms with Gasteiger partial charge in [0.1, 0.15) is 0 Å². The zero-order valence-corrected chi connectivity index (χ0v) is 13.4. The van der Waals surface area contributed by atoms with Gasteiger partial charge in [-0.25, -0.2) is 0 Å². The van der Waals surface area contributed by atoms with Crippen LogP contribution in [0.4, 0.5) is 11.4 Å². The Morgan fingerprint density at radius 2 is 1.86 bits per heavy atom. The van der Waals surface area contributed by atoms with E-state index in [2.05, 4.69) is 37.9 Å². The summed E-state index contributed by atoms with van der Waals surface area (Å²) in [6, 6.07) is 7.92. The molecular formula is C16H24N4O. The van der Waals surface area contributed by atoms with Crippen molar-refractivity contribution < 1.29 is 4.79 Å². The summed E-state index contributed by atoms with van der Waals surface area (Å²) >= 11 is 0. The first kappa shape index (κ1) is 15.4. The summed E-state index contributed by atoms with van der Waals surface area (Å²) in [7, 11) is 0. The summed E-state index contributed by atoms with van der Waals surface area (Å²) in [5.74, 6) is 0.450. The van der Waals surface area contributed by atoms with Gasteiger partial charge >= 0.3 is 0 Å². The number of anilines is 2. The molecule has 5 nitrogen and oxygen atoms in total. The molecular weight excluding hydrogens is 264 g/mol. The van der Waals surface area contributed by atoms with Gasteiger partial charge in [0, 0.05) is 36.4 Å². The van der Waals surface area contributed by atoms with Crippen LogP contribution < -0.4 is 10.2 Å². The van der Waals surface area contributed by atoms with Crippen LogP contribution in [0.2, 0.25) is 0 Å². The average molecular weight is 288 g/mol. The van der Waals surface area contributed by atoms with E-state index in [4.69, 9.17) is 5.41 Å². The predicted octanol–water partition coefficient (Wildman–Crippen LogP) is 2.89. The number of amides is 1. The molecule has 1 aliphatic heterocycles. The lowest BCUT2D eigenvalue weighted by Crippen LogP contribution is -2.47. The van der Waals surface area contributed by atoms with Crippen LogP contribution in [-0.4, -0.2) is 34.9 Å². The van der Waals surface area contributed by atoms with Gasteiger partial charge in [0.25, 0.3) is 0 Å². The van der Waals surface area contributed by atoms with Crippen molar-refractivity contribution in [3.8, 4) is 0 Å². The van der Waals surface area contributed by atoms with Gasteiger partial charge in [-0.05, 0) is 52.0 Å². The van der Waals surface area contributed by atoms with Gasteiger partial charge in [0.05, 0.1) is 0 Å². The van der Waals surface area contributed by atoms with E-state index < -0.39 is 0 Å². The van der Waals surface area contributed by atoms with Crippen LogP contribution in [0.25, 0.3) is 0 Å². The van der Waals surface area contributed by atoms with E-state index in [9.17, 15) is 4.79 Å². The van der Waals surface area contributed by atoms with Crippen molar-refractivity contribution in [1.29, 1.82) is 5.41 Å². The Labute approximate surface area is 126 Å². The molecule has 0 saturated carbocycles. The summed E-state index contributed by atoms with van der Waals surface area (Å²) in [6.07, 6.45) is 0. The van der Waals surface area contributed by atoms with Crippen LogP contribution in [0, 0.1) is 5.41 Å². The summed E-state index contributed by atoms with van der Waals surface area (Å²) in [6.45, 7) is 10.8. The number of rotatable bonds is 2. The molecule has 0 aromatic heterocycles. The molecule has 5 heteroatoms. The van der Waals surface area contributed by atoms with Gasteiger partial charge in [-0.1, -0.05) is 0 Å². The highest BCUT2D eigenvalue weighted by Gasteiger charge is 2.38. The van der Waals surface area contributed by atoms with E-state index in [1.54, 1.807) is 0 Å². The molecule has 1 fully saturated rings. The second kappa shape index (κ2) is 5.39. The number of carbonyl (C=O) groups excluding carboxylic acids is 1. The highest BCUT2D eigenvalue weighted by Crippen LogP contribution is 2.29. The highest BCUT2D eigenvalue weighted by atomic mass is 16.1. The largest absolute Gasteiger partial charge is 0.333 e. The molecule has 1 saturated heterocycles. The molecule has 0 aliphatic carbocycles. The lowest BCUT2D eigenvalue weighted by atomic mass is 10.1. The summed E-state index contributed by atoms with van der Waals surface area (Å²) < 4.78 is 0. The monoisotopic (exact) mass is 288 g/mol. The molecule has 0 spiro atoms. The zero-order chi connectivity index (χ0) is 15.8. The number of guanidine groups is 1. The highest BCUT2D eigenvalue weighted by molar-refractivity contribution is 5.97. The minimum absolute atomic E-state index is 0.0681. The normalized spacial score (nSPS) is 19.1. The molecule has 1 aliphatic rings. The van der Waals surface area contributed by atoms with Crippen molar-refractivity contribution >= 4 is 23.2 Å². The first-order chi connectivity index (χ1) is 9.70. The number of hydrogen-bond acceptors (Lipinski definition) is 2. The van der Waals surface area contributed by atoms with Crippen LogP contribution in [0.15, 0.2) is 24.3 Å². The number of nitrogens with one attached hydrogen (secondary N) is 2. The molecule has 2 N–H and O–H groups in total. The molecule has 2 rings (SSSR count). The van der Waals surface area contributed by atoms with Gasteiger partial charge in [-0.3, -0.25) is 10.2 Å². The van der Waals surface area contributed by atoms with Crippen LogP contribution in [0.3, 0.4) is 0 Å². The lowest BCUT2D eigenvalue weighted by molar-refractivity contribution is -0.114. The fraction of sp³-hybridized carbons (Fsp3) is 0.500. The second-order valence-electron chi connectivity index (χ2n) is 6.55. The fourth-order valence-electron chi connectivity index (χ4n) is 2.91. The molecule has 0 bridgehead atoms. The first-order valence-electron chi connectivity index (χ1n) is 7.23. The van der Waals surface area contributed by atoms with Crippen LogP contribution in [-0.2, 0) is 4.79 Å². The van der Waals surface area contributed by atoms with E-state index in [0.29, 0.717) is 12.0 Å². The van der Waals surface area contributed by atoms with Crippen molar-refractivity contribution in [2.24, 2.45) is 0 Å². The quantitative estimate of drug-likeness (QED) is 0.879. The third-order valence-corrected chi connectivity index (χ3v) is 3.59. The maximum Gasteiger partial charge on any atom is 0.221 e. The molecule has 1 aromatic rings. The lowest BCUT2D eigenvalue weighted by Gasteiger charge is -2.36. The predicted molar refractivity (Wildman–Crippen MR) is 86.9 cm³/mol. The van der Waals surface area contributed by atoms with Crippen molar-refractivity contribution in [1.82, 2.24) is 4.90 Å². The Hall–Kier alpha value is -2.04. The molecule has 1 aromatic carbocycles. The maximum absolute atomic E-state index is 11.0. The third-order valence-electron chi connectivity index (χ3n) is 3.59. The molecule has 1 unspecified atom stereocenters. The fourth-order valence-corrected chi connectivity index (χ4v) is 2.91. The van der Waals surface area contributed by atoms with Crippen molar-refractivity contribution in [2.75, 3.05) is 16.8 Å². The minimum atomic E-state index is -0.0794. The SMILES string of the molecule is CC(=O)Nc1ccc(N2CC(C)N(C(C)(C)C)C2=N)cc1. The average Bonchev–Trinajstić information content (AvgIpc) is 2.64.